The zero-order valence-electron chi connectivity index (χ0n) is 27.9. The summed E-state index contributed by atoms with van der Waals surface area (Å²) in [6.07, 6.45) is 3.32. The lowest BCUT2D eigenvalue weighted by molar-refractivity contribution is -0.119. The Kier molecular flexibility index (Phi) is 9.79. The molecule has 3 aromatic rings. The highest BCUT2D eigenvalue weighted by atomic mass is 127. The summed E-state index contributed by atoms with van der Waals surface area (Å²) in [6.45, 7) is 12.3. The number of carbonyl (C=O) groups excluding carboxylic acids is 2. The summed E-state index contributed by atoms with van der Waals surface area (Å²) in [5.41, 5.74) is 6.57. The molecule has 0 atom stereocenters. The van der Waals surface area contributed by atoms with E-state index in [0.717, 1.165) is 67.5 Å². The molecule has 0 radical (unpaired) electrons. The van der Waals surface area contributed by atoms with Crippen LogP contribution in [0.5, 0.6) is 11.5 Å². The lowest BCUT2D eigenvalue weighted by Gasteiger charge is -2.49. The lowest BCUT2D eigenvalue weighted by atomic mass is 9.63. The second-order valence-corrected chi connectivity index (χ2v) is 16.6. The van der Waals surface area contributed by atoms with Crippen molar-refractivity contribution >= 4 is 50.1 Å². The van der Waals surface area contributed by atoms with Crippen LogP contribution in [0.15, 0.2) is 93.7 Å². The van der Waals surface area contributed by atoms with Gasteiger partial charge in [-0.05, 0) is 88.9 Å². The van der Waals surface area contributed by atoms with Crippen LogP contribution in [-0.4, -0.2) is 29.6 Å². The maximum atomic E-state index is 14.3. The average molecular weight is 809 g/mol. The predicted molar refractivity (Wildman–Crippen MR) is 198 cm³/mol. The Bertz CT molecular complexity index is 1720. The van der Waals surface area contributed by atoms with Crippen LogP contribution in [0.1, 0.15) is 82.9 Å². The Hall–Kier alpha value is -2.91. The van der Waals surface area contributed by atoms with Crippen molar-refractivity contribution in [3.8, 4) is 11.5 Å². The molecule has 5 nitrogen and oxygen atoms in total. The first-order chi connectivity index (χ1) is 22.4. The molecule has 0 bridgehead atoms. The van der Waals surface area contributed by atoms with Crippen LogP contribution in [0.25, 0.3) is 0 Å². The lowest BCUT2D eigenvalue weighted by Crippen LogP contribution is -2.45. The van der Waals surface area contributed by atoms with E-state index in [0.29, 0.717) is 37.6 Å². The van der Waals surface area contributed by atoms with Crippen LogP contribution in [0, 0.1) is 14.4 Å². The van der Waals surface area contributed by atoms with Crippen LogP contribution in [-0.2, 0) is 22.6 Å². The third-order valence-corrected chi connectivity index (χ3v) is 11.1. The maximum absolute atomic E-state index is 14.3. The molecule has 0 N–H and O–H groups in total. The average Bonchev–Trinajstić information content (AvgIpc) is 2.99. The summed E-state index contributed by atoms with van der Waals surface area (Å²) in [7, 11) is 0. The number of carbonyl (C=O) groups is 2. The first-order valence-corrected chi connectivity index (χ1v) is 18.4. The monoisotopic (exact) mass is 807 g/mol. The van der Waals surface area contributed by atoms with Crippen molar-refractivity contribution in [3.05, 3.63) is 114 Å². The molecule has 0 amide bonds. The van der Waals surface area contributed by atoms with Crippen molar-refractivity contribution in [2.24, 2.45) is 10.8 Å². The minimum Gasteiger partial charge on any atom is -0.490 e. The number of ketones is 2. The van der Waals surface area contributed by atoms with E-state index in [9.17, 15) is 9.59 Å². The summed E-state index contributed by atoms with van der Waals surface area (Å²) >= 11 is 5.94. The number of benzene rings is 3. The Labute approximate surface area is 301 Å². The van der Waals surface area contributed by atoms with Gasteiger partial charge in [0.05, 0.1) is 10.2 Å². The Morgan fingerprint density at radius 3 is 2.02 bits per heavy atom. The van der Waals surface area contributed by atoms with Crippen molar-refractivity contribution in [3.63, 3.8) is 0 Å². The molecule has 0 spiro atoms. The van der Waals surface area contributed by atoms with Gasteiger partial charge in [0.1, 0.15) is 6.61 Å². The number of hydrogen-bond acceptors (Lipinski definition) is 5. The Morgan fingerprint density at radius 2 is 1.43 bits per heavy atom. The quantitative estimate of drug-likeness (QED) is 0.202. The smallest absolute Gasteiger partial charge is 0.174 e. The SMILES string of the molecule is CCOc1cc(C2C3=C(CC(C)(C)CC3=O)N(CCc3ccccc3)C3=C2C(=O)CC(C)(C)C3)cc(I)c1OCc1ccccc1Br. The van der Waals surface area contributed by atoms with Gasteiger partial charge in [0.2, 0.25) is 0 Å². The molecule has 3 aromatic carbocycles. The van der Waals surface area contributed by atoms with Crippen molar-refractivity contribution in [1.29, 1.82) is 0 Å². The summed E-state index contributed by atoms with van der Waals surface area (Å²) in [5, 5.41) is 0. The van der Waals surface area contributed by atoms with E-state index in [1.54, 1.807) is 0 Å². The van der Waals surface area contributed by atoms with Gasteiger partial charge in [0.15, 0.2) is 23.1 Å². The highest BCUT2D eigenvalue weighted by Gasteiger charge is 2.49. The van der Waals surface area contributed by atoms with Gasteiger partial charge in [-0.25, -0.2) is 0 Å². The van der Waals surface area contributed by atoms with Crippen molar-refractivity contribution in [2.45, 2.75) is 79.2 Å². The van der Waals surface area contributed by atoms with Gasteiger partial charge in [0, 0.05) is 57.9 Å². The summed E-state index contributed by atoms with van der Waals surface area (Å²) in [6, 6.07) is 22.6. The summed E-state index contributed by atoms with van der Waals surface area (Å²) in [5.74, 6) is 1.13. The minimum atomic E-state index is -0.440. The van der Waals surface area contributed by atoms with Gasteiger partial charge in [-0.1, -0.05) is 92.2 Å². The van der Waals surface area contributed by atoms with Gasteiger partial charge in [-0.15, -0.1) is 0 Å². The molecule has 0 saturated carbocycles. The van der Waals surface area contributed by atoms with Crippen LogP contribution in [0.3, 0.4) is 0 Å². The molecular formula is C40H43BrINO4. The molecule has 0 saturated heterocycles. The van der Waals surface area contributed by atoms with E-state index in [-0.39, 0.29) is 22.4 Å². The van der Waals surface area contributed by atoms with Crippen molar-refractivity contribution in [1.82, 2.24) is 4.90 Å². The van der Waals surface area contributed by atoms with E-state index in [4.69, 9.17) is 9.47 Å². The third kappa shape index (κ3) is 7.12. The molecule has 47 heavy (non-hydrogen) atoms. The van der Waals surface area contributed by atoms with E-state index >= 15 is 0 Å². The number of halogens is 2. The molecule has 1 heterocycles. The molecule has 0 fully saturated rings. The van der Waals surface area contributed by atoms with Crippen molar-refractivity contribution in [2.75, 3.05) is 13.2 Å². The van der Waals surface area contributed by atoms with Gasteiger partial charge >= 0.3 is 0 Å². The molecule has 246 valence electrons. The number of ether oxygens (including phenoxy) is 2. The first-order valence-electron chi connectivity index (χ1n) is 16.5. The zero-order valence-corrected chi connectivity index (χ0v) is 31.7. The summed E-state index contributed by atoms with van der Waals surface area (Å²) in [4.78, 5) is 31.0. The normalized spacial score (nSPS) is 19.1. The van der Waals surface area contributed by atoms with Crippen LogP contribution in [0.2, 0.25) is 0 Å². The van der Waals surface area contributed by atoms with E-state index in [1.165, 1.54) is 5.56 Å². The Morgan fingerprint density at radius 1 is 0.830 bits per heavy atom. The van der Waals surface area contributed by atoms with Gasteiger partial charge in [-0.2, -0.15) is 0 Å². The highest BCUT2D eigenvalue weighted by Crippen LogP contribution is 2.55. The topological polar surface area (TPSA) is 55.8 Å². The number of hydrogen-bond donors (Lipinski definition) is 0. The van der Waals surface area contributed by atoms with Crippen LogP contribution in [0.4, 0.5) is 0 Å². The number of nitrogens with zero attached hydrogens (tertiary/aromatic N) is 1. The largest absolute Gasteiger partial charge is 0.490 e. The molecular weight excluding hydrogens is 765 g/mol. The fourth-order valence-electron chi connectivity index (χ4n) is 7.46. The second kappa shape index (κ2) is 13.5. The molecule has 1 aliphatic heterocycles. The highest BCUT2D eigenvalue weighted by molar-refractivity contribution is 14.1. The number of allylic oxidation sites excluding steroid dienone is 4. The van der Waals surface area contributed by atoms with Gasteiger partial charge in [-0.3, -0.25) is 9.59 Å². The molecule has 6 rings (SSSR count). The van der Waals surface area contributed by atoms with Gasteiger partial charge in [0.25, 0.3) is 0 Å². The van der Waals surface area contributed by atoms with Crippen LogP contribution < -0.4 is 9.47 Å². The molecule has 0 unspecified atom stereocenters. The van der Waals surface area contributed by atoms with Crippen LogP contribution >= 0.6 is 38.5 Å². The third-order valence-electron chi connectivity index (χ3n) is 9.48. The zero-order chi connectivity index (χ0) is 33.5. The second-order valence-electron chi connectivity index (χ2n) is 14.6. The number of Topliss-reactive ketones (excluding diaryl/α,β-unsaturated/α-hetero) is 2. The molecule has 0 aromatic heterocycles. The standard InChI is InChI=1S/C40H43BrINO4/c1-6-46-34-19-27(18-29(42)38(34)47-24-26-14-10-11-15-28(26)41)35-36-30(20-39(2,3)22-32(36)44)43(17-16-25-12-8-7-9-13-25)31-21-40(4,5)23-33(45)37(31)35/h7-15,18-19,35H,6,16-17,20-24H2,1-5H3. The fourth-order valence-corrected chi connectivity index (χ4v) is 8.64. The van der Waals surface area contributed by atoms with Crippen molar-refractivity contribution < 1.29 is 19.1 Å². The molecule has 7 heteroatoms. The first kappa shape index (κ1) is 34.0. The minimum absolute atomic E-state index is 0.136. The van der Waals surface area contributed by atoms with E-state index in [2.05, 4.69) is 101 Å². The van der Waals surface area contributed by atoms with Gasteiger partial charge < -0.3 is 14.4 Å². The summed E-state index contributed by atoms with van der Waals surface area (Å²) < 4.78 is 14.5. The van der Waals surface area contributed by atoms with E-state index in [1.807, 2.05) is 43.3 Å². The molecule has 2 aliphatic carbocycles. The predicted octanol–water partition coefficient (Wildman–Crippen LogP) is 9.96. The fraction of sp³-hybridized carbons (Fsp3) is 0.400. The number of rotatable bonds is 9. The van der Waals surface area contributed by atoms with E-state index < -0.39 is 5.92 Å². The molecule has 3 aliphatic rings. The maximum Gasteiger partial charge on any atom is 0.174 e. The Balaban J connectivity index is 1.49.